The summed E-state index contributed by atoms with van der Waals surface area (Å²) in [6.45, 7) is 7.47. The van der Waals surface area contributed by atoms with Gasteiger partial charge in [-0.25, -0.2) is 4.79 Å². The van der Waals surface area contributed by atoms with Crippen molar-refractivity contribution in [1.29, 1.82) is 0 Å². The van der Waals surface area contributed by atoms with Crippen molar-refractivity contribution >= 4 is 32.5 Å². The molecule has 2 nitrogen and oxygen atoms in total. The molecule has 0 aliphatic carbocycles. The third-order valence-electron chi connectivity index (χ3n) is 1.98. The first kappa shape index (κ1) is 11.7. The minimum absolute atomic E-state index is 0.357. The molecule has 0 unspecified atom stereocenters. The van der Waals surface area contributed by atoms with Crippen LogP contribution in [0.4, 0.5) is 0 Å². The van der Waals surface area contributed by atoms with Crippen LogP contribution in [0.3, 0.4) is 0 Å². The number of carbonyl (C=O) groups excluding carboxylic acids is 1. The number of benzene rings is 1. The zero-order valence-corrected chi connectivity index (χ0v) is 10.0. The summed E-state index contributed by atoms with van der Waals surface area (Å²) in [6.07, 6.45) is 1.67. The summed E-state index contributed by atoms with van der Waals surface area (Å²) in [5.41, 5.74) is 2.27. The van der Waals surface area contributed by atoms with Crippen molar-refractivity contribution in [3.05, 3.63) is 48.0 Å². The minimum Gasteiger partial charge on any atom is -0.465 e. The van der Waals surface area contributed by atoms with E-state index in [0.29, 0.717) is 5.56 Å². The van der Waals surface area contributed by atoms with Gasteiger partial charge in [-0.2, -0.15) is 0 Å². The molecule has 0 N–H and O–H groups in total. The molecule has 0 atom stereocenters. The van der Waals surface area contributed by atoms with Gasteiger partial charge >= 0.3 is 5.97 Å². The van der Waals surface area contributed by atoms with Crippen LogP contribution in [0.2, 0.25) is 0 Å². The minimum atomic E-state index is -0.357. The maximum Gasteiger partial charge on any atom is 0.337 e. The predicted molar refractivity (Wildman–Crippen MR) is 65.8 cm³/mol. The van der Waals surface area contributed by atoms with Crippen LogP contribution in [-0.4, -0.2) is 13.1 Å². The van der Waals surface area contributed by atoms with E-state index in [-0.39, 0.29) is 5.97 Å². The Hall–Kier alpha value is -1.35. The van der Waals surface area contributed by atoms with Crippen molar-refractivity contribution < 1.29 is 9.53 Å². The van der Waals surface area contributed by atoms with Crippen LogP contribution in [0.25, 0.3) is 10.6 Å². The zero-order valence-electron chi connectivity index (χ0n) is 8.42. The van der Waals surface area contributed by atoms with Crippen LogP contribution in [0.5, 0.6) is 0 Å². The van der Waals surface area contributed by atoms with Gasteiger partial charge in [0.2, 0.25) is 0 Å². The third-order valence-corrected chi connectivity index (χ3v) is 2.41. The fourth-order valence-electron chi connectivity index (χ4n) is 1.22. The predicted octanol–water partition coefficient (Wildman–Crippen LogP) is 3.48. The Morgan fingerprint density at radius 3 is 2.67 bits per heavy atom. The number of rotatable bonds is 3. The van der Waals surface area contributed by atoms with E-state index >= 15 is 0 Å². The fraction of sp³-hybridized carbons (Fsp3) is 0.0833. The number of carbonyl (C=O) groups is 1. The molecular formula is C12H11BrO2. The largest absolute Gasteiger partial charge is 0.465 e. The topological polar surface area (TPSA) is 26.3 Å². The number of halogens is 1. The SMILES string of the molecule is C=Cc1cc(C(=O)OC)ccc1C(=C)Br. The smallest absolute Gasteiger partial charge is 0.337 e. The van der Waals surface area contributed by atoms with Gasteiger partial charge in [-0.15, -0.1) is 0 Å². The molecule has 0 amide bonds. The highest BCUT2D eigenvalue weighted by atomic mass is 79.9. The quantitative estimate of drug-likeness (QED) is 0.784. The van der Waals surface area contributed by atoms with Crippen molar-refractivity contribution in [2.45, 2.75) is 0 Å². The molecule has 0 fully saturated rings. The average Bonchev–Trinajstić information content (AvgIpc) is 2.26. The van der Waals surface area contributed by atoms with Crippen LogP contribution < -0.4 is 0 Å². The highest BCUT2D eigenvalue weighted by Crippen LogP contribution is 2.24. The maximum atomic E-state index is 11.3. The second-order valence-corrected chi connectivity index (χ2v) is 3.86. The van der Waals surface area contributed by atoms with Crippen molar-refractivity contribution in [2.24, 2.45) is 0 Å². The first-order valence-corrected chi connectivity index (χ1v) is 5.09. The van der Waals surface area contributed by atoms with Crippen LogP contribution >= 0.6 is 15.9 Å². The van der Waals surface area contributed by atoms with Crippen LogP contribution in [0, 0.1) is 0 Å². The Morgan fingerprint density at radius 2 is 2.20 bits per heavy atom. The third kappa shape index (κ3) is 2.57. The standard InChI is InChI=1S/C12H11BrO2/c1-4-9-7-10(12(14)15-3)5-6-11(9)8(2)13/h4-7H,1-2H2,3H3. The molecule has 1 aromatic rings. The van der Waals surface area contributed by atoms with Crippen molar-refractivity contribution in [3.8, 4) is 0 Å². The Morgan fingerprint density at radius 1 is 1.53 bits per heavy atom. The number of ether oxygens (including phenoxy) is 1. The van der Waals surface area contributed by atoms with E-state index in [2.05, 4.69) is 33.8 Å². The number of hydrogen-bond acceptors (Lipinski definition) is 2. The van der Waals surface area contributed by atoms with Gasteiger partial charge in [0.15, 0.2) is 0 Å². The number of methoxy groups -OCH3 is 1. The van der Waals surface area contributed by atoms with E-state index in [9.17, 15) is 4.79 Å². The molecule has 0 aliphatic heterocycles. The van der Waals surface area contributed by atoms with Crippen molar-refractivity contribution in [2.75, 3.05) is 7.11 Å². The lowest BCUT2D eigenvalue weighted by Crippen LogP contribution is -2.01. The summed E-state index contributed by atoms with van der Waals surface area (Å²) >= 11 is 3.29. The first-order valence-electron chi connectivity index (χ1n) is 4.29. The molecule has 0 aliphatic rings. The summed E-state index contributed by atoms with van der Waals surface area (Å²) in [4.78, 5) is 11.3. The van der Waals surface area contributed by atoms with Gasteiger partial charge in [-0.3, -0.25) is 0 Å². The van der Waals surface area contributed by atoms with Gasteiger partial charge in [0, 0.05) is 4.48 Å². The molecule has 0 saturated carbocycles. The Kier molecular flexibility index (Phi) is 3.86. The fourth-order valence-corrected chi connectivity index (χ4v) is 1.58. The number of hydrogen-bond donors (Lipinski definition) is 0. The highest BCUT2D eigenvalue weighted by molar-refractivity contribution is 9.15. The Bertz CT molecular complexity index is 422. The summed E-state index contributed by atoms with van der Waals surface area (Å²) in [7, 11) is 1.35. The lowest BCUT2D eigenvalue weighted by molar-refractivity contribution is 0.0600. The van der Waals surface area contributed by atoms with Gasteiger partial charge in [0.1, 0.15) is 0 Å². The number of esters is 1. The summed E-state index contributed by atoms with van der Waals surface area (Å²) in [5, 5.41) is 0. The van der Waals surface area contributed by atoms with E-state index in [1.54, 1.807) is 24.3 Å². The molecule has 0 saturated heterocycles. The average molecular weight is 267 g/mol. The molecule has 0 spiro atoms. The van der Waals surface area contributed by atoms with Gasteiger partial charge in [0.25, 0.3) is 0 Å². The first-order chi connectivity index (χ1) is 7.10. The van der Waals surface area contributed by atoms with Crippen molar-refractivity contribution in [1.82, 2.24) is 0 Å². The van der Waals surface area contributed by atoms with E-state index in [1.165, 1.54) is 7.11 Å². The molecule has 1 aromatic carbocycles. The van der Waals surface area contributed by atoms with Gasteiger partial charge in [-0.05, 0) is 23.3 Å². The molecule has 0 heterocycles. The monoisotopic (exact) mass is 266 g/mol. The normalized spacial score (nSPS) is 9.47. The molecule has 78 valence electrons. The zero-order chi connectivity index (χ0) is 11.4. The van der Waals surface area contributed by atoms with Gasteiger partial charge < -0.3 is 4.74 Å². The second kappa shape index (κ2) is 4.94. The van der Waals surface area contributed by atoms with E-state index in [4.69, 9.17) is 0 Å². The summed E-state index contributed by atoms with van der Waals surface area (Å²) in [5.74, 6) is -0.357. The molecule has 15 heavy (non-hydrogen) atoms. The van der Waals surface area contributed by atoms with Crippen molar-refractivity contribution in [3.63, 3.8) is 0 Å². The molecule has 0 aromatic heterocycles. The van der Waals surface area contributed by atoms with E-state index < -0.39 is 0 Å². The molecule has 3 heteroatoms. The highest BCUT2D eigenvalue weighted by Gasteiger charge is 2.08. The summed E-state index contributed by atoms with van der Waals surface area (Å²) in [6, 6.07) is 5.22. The van der Waals surface area contributed by atoms with E-state index in [0.717, 1.165) is 15.6 Å². The molecule has 0 bridgehead atoms. The van der Waals surface area contributed by atoms with Gasteiger partial charge in [-0.1, -0.05) is 41.2 Å². The molecule has 1 rings (SSSR count). The van der Waals surface area contributed by atoms with Crippen LogP contribution in [0.15, 0.2) is 31.4 Å². The summed E-state index contributed by atoms with van der Waals surface area (Å²) < 4.78 is 5.39. The molecular weight excluding hydrogens is 256 g/mol. The van der Waals surface area contributed by atoms with Crippen LogP contribution in [0.1, 0.15) is 21.5 Å². The van der Waals surface area contributed by atoms with Crippen LogP contribution in [-0.2, 0) is 4.74 Å². The molecule has 0 radical (unpaired) electrons. The van der Waals surface area contributed by atoms with E-state index in [1.807, 2.05) is 0 Å². The van der Waals surface area contributed by atoms with Gasteiger partial charge in [0.05, 0.1) is 12.7 Å². The lowest BCUT2D eigenvalue weighted by Gasteiger charge is -2.06. The Labute approximate surface area is 97.4 Å². The lowest BCUT2D eigenvalue weighted by atomic mass is 10.0. The Balaban J connectivity index is 3.24. The second-order valence-electron chi connectivity index (χ2n) is 2.90. The maximum absolute atomic E-state index is 11.3.